The topological polar surface area (TPSA) is 45.1 Å². The predicted octanol–water partition coefficient (Wildman–Crippen LogP) is 6.43. The van der Waals surface area contributed by atoms with E-state index in [9.17, 15) is 4.79 Å². The maximum absolute atomic E-state index is 13.0. The molecule has 1 amide bonds. The van der Waals surface area contributed by atoms with Gasteiger partial charge >= 0.3 is 0 Å². The van der Waals surface area contributed by atoms with Crippen molar-refractivity contribution in [1.82, 2.24) is 4.90 Å². The second-order valence-electron chi connectivity index (χ2n) is 9.14. The van der Waals surface area contributed by atoms with Crippen molar-refractivity contribution in [1.29, 1.82) is 0 Å². The second-order valence-corrected chi connectivity index (χ2v) is 10.1. The first kappa shape index (κ1) is 23.0. The van der Waals surface area contributed by atoms with Gasteiger partial charge in [-0.25, -0.2) is 0 Å². The Hall–Kier alpha value is -3.48. The molecule has 0 aliphatic carbocycles. The fourth-order valence-electron chi connectivity index (χ4n) is 5.08. The van der Waals surface area contributed by atoms with Crippen molar-refractivity contribution in [2.45, 2.75) is 12.5 Å². The van der Waals surface area contributed by atoms with Crippen molar-refractivity contribution < 1.29 is 9.53 Å². The molecule has 180 valence electrons. The average Bonchev–Trinajstić information content (AvgIpc) is 3.38. The summed E-state index contributed by atoms with van der Waals surface area (Å²) in [4.78, 5) is 14.8. The third kappa shape index (κ3) is 4.43. The number of hydrazone groups is 1. The van der Waals surface area contributed by atoms with E-state index in [0.29, 0.717) is 31.9 Å². The van der Waals surface area contributed by atoms with Gasteiger partial charge in [-0.3, -0.25) is 9.80 Å². The normalized spacial score (nSPS) is 17.9. The van der Waals surface area contributed by atoms with Crippen molar-refractivity contribution >= 4 is 44.0 Å². The summed E-state index contributed by atoms with van der Waals surface area (Å²) in [5.41, 5.74) is 5.06. The van der Waals surface area contributed by atoms with Crippen molar-refractivity contribution in [3.8, 4) is 0 Å². The maximum Gasteiger partial charge on any atom is 0.254 e. The van der Waals surface area contributed by atoms with E-state index in [0.717, 1.165) is 27.9 Å². The van der Waals surface area contributed by atoms with Crippen LogP contribution in [0.1, 0.15) is 33.9 Å². The van der Waals surface area contributed by atoms with Gasteiger partial charge in [0.05, 0.1) is 30.7 Å². The number of hydrogen-bond donors (Lipinski definition) is 0. The van der Waals surface area contributed by atoms with Gasteiger partial charge in [-0.15, -0.1) is 0 Å². The molecule has 0 radical (unpaired) electrons. The SMILES string of the molecule is O=C(c1ccc(N2N=C(c3cccc(Br)c3)CC2c2cccc3ccccc23)cc1)N1CCOCC1. The van der Waals surface area contributed by atoms with Crippen LogP contribution in [0, 0.1) is 0 Å². The van der Waals surface area contributed by atoms with Crippen LogP contribution in [0.15, 0.2) is 101 Å². The van der Waals surface area contributed by atoms with E-state index in [1.54, 1.807) is 0 Å². The molecule has 6 rings (SSSR count). The first-order valence-corrected chi connectivity index (χ1v) is 13.0. The van der Waals surface area contributed by atoms with E-state index in [-0.39, 0.29) is 11.9 Å². The number of anilines is 1. The number of morpholine rings is 1. The van der Waals surface area contributed by atoms with E-state index >= 15 is 0 Å². The van der Waals surface area contributed by atoms with Gasteiger partial charge in [0.1, 0.15) is 0 Å². The van der Waals surface area contributed by atoms with Crippen LogP contribution >= 0.6 is 15.9 Å². The minimum Gasteiger partial charge on any atom is -0.378 e. The molecule has 0 aromatic heterocycles. The summed E-state index contributed by atoms with van der Waals surface area (Å²) in [6.07, 6.45) is 0.791. The maximum atomic E-state index is 13.0. The van der Waals surface area contributed by atoms with Gasteiger partial charge in [-0.05, 0) is 58.3 Å². The predicted molar refractivity (Wildman–Crippen MR) is 148 cm³/mol. The first-order chi connectivity index (χ1) is 17.7. The van der Waals surface area contributed by atoms with Crippen LogP contribution in [0.2, 0.25) is 0 Å². The number of carbonyl (C=O) groups excluding carboxylic acids is 1. The highest BCUT2D eigenvalue weighted by molar-refractivity contribution is 9.10. The van der Waals surface area contributed by atoms with Gasteiger partial charge in [0.2, 0.25) is 0 Å². The Morgan fingerprint density at radius 2 is 1.64 bits per heavy atom. The Bertz CT molecular complexity index is 1440. The minimum absolute atomic E-state index is 0.0471. The Labute approximate surface area is 219 Å². The molecular formula is C30H26BrN3O2. The van der Waals surface area contributed by atoms with Gasteiger partial charge in [-0.1, -0.05) is 70.5 Å². The molecule has 4 aromatic carbocycles. The lowest BCUT2D eigenvalue weighted by molar-refractivity contribution is 0.0303. The second kappa shape index (κ2) is 9.88. The number of halogens is 1. The number of amides is 1. The van der Waals surface area contributed by atoms with E-state index in [2.05, 4.69) is 75.5 Å². The Balaban J connectivity index is 1.38. The molecule has 1 fully saturated rings. The molecule has 1 atom stereocenters. The molecule has 5 nitrogen and oxygen atoms in total. The largest absolute Gasteiger partial charge is 0.378 e. The molecule has 1 unspecified atom stereocenters. The number of carbonyl (C=O) groups is 1. The number of nitrogens with zero attached hydrogens (tertiary/aromatic N) is 3. The quantitative estimate of drug-likeness (QED) is 0.300. The molecule has 2 aliphatic rings. The minimum atomic E-state index is 0.0471. The summed E-state index contributed by atoms with van der Waals surface area (Å²) < 4.78 is 6.43. The molecule has 4 aromatic rings. The van der Waals surface area contributed by atoms with Crippen molar-refractivity contribution in [3.05, 3.63) is 112 Å². The number of benzene rings is 4. The highest BCUT2D eigenvalue weighted by Gasteiger charge is 2.31. The molecule has 2 heterocycles. The van der Waals surface area contributed by atoms with E-state index in [1.165, 1.54) is 16.3 Å². The first-order valence-electron chi connectivity index (χ1n) is 12.2. The van der Waals surface area contributed by atoms with Crippen LogP contribution in [0.5, 0.6) is 0 Å². The smallest absolute Gasteiger partial charge is 0.254 e. The van der Waals surface area contributed by atoms with E-state index in [1.807, 2.05) is 41.3 Å². The van der Waals surface area contributed by atoms with Crippen molar-refractivity contribution in [3.63, 3.8) is 0 Å². The monoisotopic (exact) mass is 539 g/mol. The number of fused-ring (bicyclic) bond motifs is 1. The summed E-state index contributed by atoms with van der Waals surface area (Å²) >= 11 is 3.60. The number of ether oxygens (including phenoxy) is 1. The van der Waals surface area contributed by atoms with Gasteiger partial charge < -0.3 is 9.64 Å². The summed E-state index contributed by atoms with van der Waals surface area (Å²) in [7, 11) is 0. The van der Waals surface area contributed by atoms with Gasteiger partial charge in [0.15, 0.2) is 0 Å². The van der Waals surface area contributed by atoms with Crippen LogP contribution < -0.4 is 5.01 Å². The van der Waals surface area contributed by atoms with E-state index < -0.39 is 0 Å². The molecule has 6 heteroatoms. The summed E-state index contributed by atoms with van der Waals surface area (Å²) in [5.74, 6) is 0.0511. The molecule has 0 N–H and O–H groups in total. The van der Waals surface area contributed by atoms with Crippen molar-refractivity contribution in [2.24, 2.45) is 5.10 Å². The third-order valence-electron chi connectivity index (χ3n) is 6.93. The van der Waals surface area contributed by atoms with Crippen LogP contribution in [0.3, 0.4) is 0 Å². The van der Waals surface area contributed by atoms with E-state index in [4.69, 9.17) is 9.84 Å². The fourth-order valence-corrected chi connectivity index (χ4v) is 5.48. The zero-order valence-electron chi connectivity index (χ0n) is 19.8. The van der Waals surface area contributed by atoms with Gasteiger partial charge in [0, 0.05) is 29.5 Å². The fraction of sp³-hybridized carbons (Fsp3) is 0.200. The molecule has 2 aliphatic heterocycles. The summed E-state index contributed by atoms with van der Waals surface area (Å²) in [6.45, 7) is 2.46. The zero-order valence-corrected chi connectivity index (χ0v) is 21.4. The Morgan fingerprint density at radius 3 is 2.44 bits per heavy atom. The number of rotatable bonds is 4. The molecule has 36 heavy (non-hydrogen) atoms. The Kier molecular flexibility index (Phi) is 6.30. The lowest BCUT2D eigenvalue weighted by Crippen LogP contribution is -2.40. The van der Waals surface area contributed by atoms with Crippen molar-refractivity contribution in [2.75, 3.05) is 31.3 Å². The lowest BCUT2D eigenvalue weighted by atomic mass is 9.94. The highest BCUT2D eigenvalue weighted by Crippen LogP contribution is 2.39. The molecule has 1 saturated heterocycles. The molecule has 0 spiro atoms. The van der Waals surface area contributed by atoms with Gasteiger partial charge in [0.25, 0.3) is 5.91 Å². The average molecular weight is 540 g/mol. The van der Waals surface area contributed by atoms with Crippen LogP contribution in [0.25, 0.3) is 10.8 Å². The van der Waals surface area contributed by atoms with Crippen LogP contribution in [-0.2, 0) is 4.74 Å². The summed E-state index contributed by atoms with van der Waals surface area (Å²) in [5, 5.41) is 9.68. The Morgan fingerprint density at radius 1 is 0.889 bits per heavy atom. The third-order valence-corrected chi connectivity index (χ3v) is 7.42. The molecule has 0 bridgehead atoms. The van der Waals surface area contributed by atoms with Crippen LogP contribution in [-0.4, -0.2) is 42.8 Å². The highest BCUT2D eigenvalue weighted by atomic mass is 79.9. The molecular weight excluding hydrogens is 514 g/mol. The standard InChI is InChI=1S/C30H26BrN3O2/c31-24-8-3-7-23(19-24)28-20-29(27-10-4-6-21-5-1-2-9-26(21)27)34(32-28)25-13-11-22(12-14-25)30(35)33-15-17-36-18-16-33/h1-14,19,29H,15-18,20H2. The number of hydrogen-bond acceptors (Lipinski definition) is 4. The summed E-state index contributed by atoms with van der Waals surface area (Å²) in [6, 6.07) is 31.2. The van der Waals surface area contributed by atoms with Gasteiger partial charge in [-0.2, -0.15) is 5.10 Å². The van der Waals surface area contributed by atoms with Crippen LogP contribution in [0.4, 0.5) is 5.69 Å². The lowest BCUT2D eigenvalue weighted by Gasteiger charge is -2.27. The molecule has 0 saturated carbocycles. The zero-order chi connectivity index (χ0) is 24.5.